The van der Waals surface area contributed by atoms with E-state index in [9.17, 15) is 0 Å². The molecule has 2 nitrogen and oxygen atoms in total. The summed E-state index contributed by atoms with van der Waals surface area (Å²) >= 11 is 6.85. The van der Waals surface area contributed by atoms with Crippen molar-refractivity contribution in [3.63, 3.8) is 0 Å². The lowest BCUT2D eigenvalue weighted by molar-refractivity contribution is 0.310. The van der Waals surface area contributed by atoms with E-state index in [-0.39, 0.29) is 0 Å². The van der Waals surface area contributed by atoms with Gasteiger partial charge >= 0.3 is 0 Å². The summed E-state index contributed by atoms with van der Waals surface area (Å²) in [6.45, 7) is 1.82. The monoisotopic (exact) mass is 377 g/mol. The Morgan fingerprint density at radius 1 is 0.889 bits per heavy atom. The maximum Gasteiger partial charge on any atom is 0.119 e. The minimum Gasteiger partial charge on any atom is -0.494 e. The Morgan fingerprint density at radius 3 is 2.22 bits per heavy atom. The number of hydrogen-bond acceptors (Lipinski definition) is 2. The first-order valence-electron chi connectivity index (χ1n) is 6.45. The summed E-state index contributed by atoms with van der Waals surface area (Å²) in [5, 5.41) is 5.53. The van der Waals surface area contributed by atoms with Crippen molar-refractivity contribution in [2.45, 2.75) is 25.7 Å². The zero-order valence-corrected chi connectivity index (χ0v) is 13.8. The van der Waals surface area contributed by atoms with E-state index in [1.807, 2.05) is 12.1 Å². The smallest absolute Gasteiger partial charge is 0.119 e. The first kappa shape index (κ1) is 15.8. The zero-order chi connectivity index (χ0) is 13.1. The average Bonchev–Trinajstić information content (AvgIpc) is 2.41. The number of nitrogens with one attached hydrogen (secondary N) is 1. The number of rotatable bonds is 10. The van der Waals surface area contributed by atoms with E-state index in [4.69, 9.17) is 4.74 Å². The van der Waals surface area contributed by atoms with E-state index < -0.39 is 0 Å². The van der Waals surface area contributed by atoms with Crippen molar-refractivity contribution in [3.05, 3.63) is 24.3 Å². The molecule has 0 bridgehead atoms. The molecule has 0 atom stereocenters. The van der Waals surface area contributed by atoms with Crippen LogP contribution in [0.4, 0.5) is 5.69 Å². The molecule has 18 heavy (non-hydrogen) atoms. The van der Waals surface area contributed by atoms with Crippen molar-refractivity contribution in [3.8, 4) is 5.75 Å². The van der Waals surface area contributed by atoms with Crippen LogP contribution in [-0.2, 0) is 0 Å². The highest BCUT2D eigenvalue weighted by Gasteiger charge is 1.95. The first-order chi connectivity index (χ1) is 8.86. The summed E-state index contributed by atoms with van der Waals surface area (Å²) in [7, 11) is 0. The number of unbranched alkanes of at least 4 members (excludes halogenated alkanes) is 2. The standard InChI is InChI=1S/C14H21Br2NO/c15-9-1-3-11-17-13-5-7-14(8-6-13)18-12-4-2-10-16/h5-8,17H,1-4,9-12H2. The molecule has 0 fully saturated rings. The van der Waals surface area contributed by atoms with Crippen LogP contribution < -0.4 is 10.1 Å². The second kappa shape index (κ2) is 10.7. The molecule has 4 heteroatoms. The first-order valence-corrected chi connectivity index (χ1v) is 8.70. The van der Waals surface area contributed by atoms with Crippen LogP contribution in [-0.4, -0.2) is 23.8 Å². The molecule has 0 aliphatic rings. The molecule has 1 aromatic rings. The van der Waals surface area contributed by atoms with Gasteiger partial charge in [0.25, 0.3) is 0 Å². The van der Waals surface area contributed by atoms with Gasteiger partial charge in [0.05, 0.1) is 6.61 Å². The highest BCUT2D eigenvalue weighted by atomic mass is 79.9. The summed E-state index contributed by atoms with van der Waals surface area (Å²) in [5.41, 5.74) is 1.16. The Kier molecular flexibility index (Phi) is 9.40. The van der Waals surface area contributed by atoms with Crippen LogP contribution in [0.2, 0.25) is 0 Å². The minimum absolute atomic E-state index is 0.795. The molecule has 0 heterocycles. The molecule has 0 aliphatic heterocycles. The van der Waals surface area contributed by atoms with Crippen LogP contribution in [0.25, 0.3) is 0 Å². The number of anilines is 1. The van der Waals surface area contributed by atoms with Gasteiger partial charge in [-0.25, -0.2) is 0 Å². The predicted molar refractivity (Wildman–Crippen MR) is 86.5 cm³/mol. The second-order valence-corrected chi connectivity index (χ2v) is 5.68. The third-order valence-corrected chi connectivity index (χ3v) is 3.66. The summed E-state index contributed by atoms with van der Waals surface area (Å²) in [4.78, 5) is 0. The van der Waals surface area contributed by atoms with Crippen LogP contribution in [0.15, 0.2) is 24.3 Å². The molecule has 0 saturated carbocycles. The van der Waals surface area contributed by atoms with E-state index in [0.29, 0.717) is 0 Å². The van der Waals surface area contributed by atoms with E-state index in [0.717, 1.165) is 48.1 Å². The number of halogens is 2. The lowest BCUT2D eigenvalue weighted by Crippen LogP contribution is -2.02. The van der Waals surface area contributed by atoms with Crippen LogP contribution in [0, 0.1) is 0 Å². The Morgan fingerprint density at radius 2 is 1.56 bits per heavy atom. The van der Waals surface area contributed by atoms with Crippen LogP contribution >= 0.6 is 31.9 Å². The van der Waals surface area contributed by atoms with E-state index in [1.54, 1.807) is 0 Å². The van der Waals surface area contributed by atoms with Gasteiger partial charge in [-0.1, -0.05) is 31.9 Å². The van der Waals surface area contributed by atoms with E-state index in [2.05, 4.69) is 49.3 Å². The summed E-state index contributed by atoms with van der Waals surface area (Å²) in [6, 6.07) is 8.21. The van der Waals surface area contributed by atoms with Crippen molar-refractivity contribution in [2.75, 3.05) is 29.1 Å². The number of benzene rings is 1. The second-order valence-electron chi connectivity index (χ2n) is 4.09. The Bertz CT molecular complexity index is 272. The van der Waals surface area contributed by atoms with Gasteiger partial charge in [-0.3, -0.25) is 0 Å². The minimum atomic E-state index is 0.795. The van der Waals surface area contributed by atoms with E-state index in [1.165, 1.54) is 12.8 Å². The maximum atomic E-state index is 5.65. The fourth-order valence-electron chi connectivity index (χ4n) is 1.51. The average molecular weight is 379 g/mol. The molecule has 0 saturated heterocycles. The number of hydrogen-bond donors (Lipinski definition) is 1. The Hall–Kier alpha value is -0.220. The predicted octanol–water partition coefficient (Wildman–Crippen LogP) is 4.83. The lowest BCUT2D eigenvalue weighted by atomic mass is 10.3. The molecule has 102 valence electrons. The maximum absolute atomic E-state index is 5.65. The van der Waals surface area contributed by atoms with Gasteiger partial charge in [-0.05, 0) is 49.9 Å². The Labute approximate surface area is 127 Å². The highest BCUT2D eigenvalue weighted by Crippen LogP contribution is 2.16. The molecule has 0 spiro atoms. The van der Waals surface area contributed by atoms with Gasteiger partial charge in [0.15, 0.2) is 0 Å². The molecule has 1 N–H and O–H groups in total. The van der Waals surface area contributed by atoms with Gasteiger partial charge in [0.1, 0.15) is 5.75 Å². The molecule has 1 rings (SSSR count). The molecule has 0 amide bonds. The molecular weight excluding hydrogens is 358 g/mol. The van der Waals surface area contributed by atoms with Crippen molar-refractivity contribution in [1.82, 2.24) is 0 Å². The fraction of sp³-hybridized carbons (Fsp3) is 0.571. The van der Waals surface area contributed by atoms with Crippen molar-refractivity contribution in [2.24, 2.45) is 0 Å². The molecular formula is C14H21Br2NO. The third kappa shape index (κ3) is 7.27. The fourth-order valence-corrected chi connectivity index (χ4v) is 2.30. The summed E-state index contributed by atoms with van der Waals surface area (Å²) in [5.74, 6) is 0.954. The van der Waals surface area contributed by atoms with Crippen LogP contribution in [0.3, 0.4) is 0 Å². The molecule has 0 radical (unpaired) electrons. The third-order valence-electron chi connectivity index (χ3n) is 2.54. The van der Waals surface area contributed by atoms with Gasteiger partial charge in [-0.2, -0.15) is 0 Å². The molecule has 1 aromatic carbocycles. The molecule has 0 unspecified atom stereocenters. The Balaban J connectivity index is 2.20. The van der Waals surface area contributed by atoms with Gasteiger partial charge < -0.3 is 10.1 Å². The van der Waals surface area contributed by atoms with Crippen molar-refractivity contribution in [1.29, 1.82) is 0 Å². The summed E-state index contributed by atoms with van der Waals surface area (Å²) in [6.07, 6.45) is 4.66. The van der Waals surface area contributed by atoms with Crippen LogP contribution in [0.1, 0.15) is 25.7 Å². The zero-order valence-electron chi connectivity index (χ0n) is 10.6. The normalized spacial score (nSPS) is 10.3. The van der Waals surface area contributed by atoms with Gasteiger partial charge in [0, 0.05) is 22.9 Å². The molecule has 0 aliphatic carbocycles. The number of ether oxygens (including phenoxy) is 1. The van der Waals surface area contributed by atoms with Crippen molar-refractivity contribution < 1.29 is 4.74 Å². The SMILES string of the molecule is BrCCCCNc1ccc(OCCCCBr)cc1. The number of alkyl halides is 2. The van der Waals surface area contributed by atoms with Gasteiger partial charge in [0.2, 0.25) is 0 Å². The topological polar surface area (TPSA) is 21.3 Å². The van der Waals surface area contributed by atoms with Crippen molar-refractivity contribution >= 4 is 37.5 Å². The highest BCUT2D eigenvalue weighted by molar-refractivity contribution is 9.09. The van der Waals surface area contributed by atoms with Crippen LogP contribution in [0.5, 0.6) is 5.75 Å². The molecule has 0 aromatic heterocycles. The van der Waals surface area contributed by atoms with E-state index >= 15 is 0 Å². The summed E-state index contributed by atoms with van der Waals surface area (Å²) < 4.78 is 5.65. The van der Waals surface area contributed by atoms with Gasteiger partial charge in [-0.15, -0.1) is 0 Å². The lowest BCUT2D eigenvalue weighted by Gasteiger charge is -2.08. The quantitative estimate of drug-likeness (QED) is 0.465. The largest absolute Gasteiger partial charge is 0.494 e.